The molecular weight excluding hydrogens is 295 g/mol. The van der Waals surface area contributed by atoms with E-state index in [1.165, 1.54) is 0 Å². The first-order chi connectivity index (χ1) is 10.3. The topological polar surface area (TPSA) is 54.4 Å². The normalized spacial score (nSPS) is 13.7. The molecule has 2 aromatic carbocycles. The molecule has 0 saturated carbocycles. The van der Waals surface area contributed by atoms with Gasteiger partial charge in [0.1, 0.15) is 0 Å². The maximum atomic E-state index is 13.0. The Balaban J connectivity index is 2.64. The number of hydrogen-bond acceptors (Lipinski definition) is 2. The largest absolute Gasteiger partial charge is 0.341 e. The summed E-state index contributed by atoms with van der Waals surface area (Å²) in [6.45, 7) is 7.44. The third-order valence-electron chi connectivity index (χ3n) is 3.86. The molecule has 0 aliphatic heterocycles. The Morgan fingerprint density at radius 3 is 2.18 bits per heavy atom. The van der Waals surface area contributed by atoms with Crippen molar-refractivity contribution in [2.24, 2.45) is 0 Å². The molecule has 0 spiro atoms. The number of rotatable bonds is 4. The van der Waals surface area contributed by atoms with Crippen molar-refractivity contribution in [3.8, 4) is 0 Å². The minimum atomic E-state index is -3.50. The summed E-state index contributed by atoms with van der Waals surface area (Å²) in [5.74, 6) is -0.187. The van der Waals surface area contributed by atoms with Crippen LogP contribution >= 0.6 is 7.37 Å². The van der Waals surface area contributed by atoms with E-state index in [0.717, 1.165) is 16.7 Å². The smallest absolute Gasteiger partial charge is 0.230 e. The van der Waals surface area contributed by atoms with E-state index in [0.29, 0.717) is 11.1 Å². The van der Waals surface area contributed by atoms with Crippen LogP contribution in [0.3, 0.4) is 0 Å². The minimum absolute atomic E-state index is 0.114. The van der Waals surface area contributed by atoms with Crippen LogP contribution in [0.2, 0.25) is 0 Å². The monoisotopic (exact) mass is 316 g/mol. The molecule has 0 bridgehead atoms. The van der Waals surface area contributed by atoms with Gasteiger partial charge in [-0.1, -0.05) is 42.8 Å². The van der Waals surface area contributed by atoms with Crippen LogP contribution in [0.5, 0.6) is 0 Å². The van der Waals surface area contributed by atoms with Crippen molar-refractivity contribution < 1.29 is 14.3 Å². The van der Waals surface area contributed by atoms with Crippen LogP contribution in [-0.2, 0) is 4.57 Å². The average molecular weight is 316 g/mol. The second-order valence-corrected chi connectivity index (χ2v) is 8.16. The minimum Gasteiger partial charge on any atom is -0.341 e. The second kappa shape index (κ2) is 6.20. The van der Waals surface area contributed by atoms with Crippen LogP contribution in [-0.4, -0.2) is 16.8 Å². The lowest BCUT2D eigenvalue weighted by molar-refractivity contribution is 0.103. The molecule has 2 rings (SSSR count). The fourth-order valence-corrected chi connectivity index (χ4v) is 4.03. The van der Waals surface area contributed by atoms with E-state index in [2.05, 4.69) is 0 Å². The van der Waals surface area contributed by atoms with Crippen molar-refractivity contribution in [1.82, 2.24) is 0 Å². The highest BCUT2D eigenvalue weighted by Gasteiger charge is 2.26. The van der Waals surface area contributed by atoms with Gasteiger partial charge < -0.3 is 4.89 Å². The number of carbonyl (C=O) groups excluding carboxylic acids is 1. The van der Waals surface area contributed by atoms with Crippen LogP contribution in [0.1, 0.15) is 39.5 Å². The molecule has 1 unspecified atom stereocenters. The van der Waals surface area contributed by atoms with Gasteiger partial charge in [0.15, 0.2) is 5.78 Å². The lowest BCUT2D eigenvalue weighted by atomic mass is 9.93. The Morgan fingerprint density at radius 1 is 1.09 bits per heavy atom. The van der Waals surface area contributed by atoms with E-state index >= 15 is 0 Å². The highest BCUT2D eigenvalue weighted by atomic mass is 31.2. The number of carbonyl (C=O) groups is 1. The summed E-state index contributed by atoms with van der Waals surface area (Å²) in [4.78, 5) is 23.1. The summed E-state index contributed by atoms with van der Waals surface area (Å²) in [6, 6.07) is 10.6. The molecule has 0 heterocycles. The van der Waals surface area contributed by atoms with Gasteiger partial charge in [-0.3, -0.25) is 9.36 Å². The van der Waals surface area contributed by atoms with Crippen LogP contribution in [0.15, 0.2) is 36.4 Å². The Kier molecular flexibility index (Phi) is 4.69. The fraction of sp³-hybridized carbons (Fsp3) is 0.278. The van der Waals surface area contributed by atoms with Crippen molar-refractivity contribution in [2.45, 2.75) is 27.7 Å². The summed E-state index contributed by atoms with van der Waals surface area (Å²) in [5, 5.41) is 0.252. The maximum absolute atomic E-state index is 13.0. The second-order valence-electron chi connectivity index (χ2n) is 5.64. The fourth-order valence-electron chi connectivity index (χ4n) is 2.81. The van der Waals surface area contributed by atoms with Gasteiger partial charge in [-0.15, -0.1) is 0 Å². The molecule has 0 amide bonds. The van der Waals surface area contributed by atoms with Crippen molar-refractivity contribution in [3.05, 3.63) is 64.2 Å². The first-order valence-electron chi connectivity index (χ1n) is 7.32. The number of hydrogen-bond donors (Lipinski definition) is 1. The van der Waals surface area contributed by atoms with Crippen LogP contribution in [0.4, 0.5) is 0 Å². The number of ketones is 1. The van der Waals surface area contributed by atoms with Gasteiger partial charge in [-0.25, -0.2) is 0 Å². The summed E-state index contributed by atoms with van der Waals surface area (Å²) < 4.78 is 12.4. The van der Waals surface area contributed by atoms with Gasteiger partial charge in [-0.2, -0.15) is 0 Å². The molecule has 2 aromatic rings. The van der Waals surface area contributed by atoms with Crippen molar-refractivity contribution in [2.75, 3.05) is 6.16 Å². The van der Waals surface area contributed by atoms with E-state index in [4.69, 9.17) is 0 Å². The summed E-state index contributed by atoms with van der Waals surface area (Å²) in [5.41, 5.74) is 3.82. The first-order valence-corrected chi connectivity index (χ1v) is 9.16. The predicted octanol–water partition coefficient (Wildman–Crippen LogP) is 3.76. The lowest BCUT2D eigenvalue weighted by Gasteiger charge is -2.16. The van der Waals surface area contributed by atoms with Gasteiger partial charge in [-0.05, 0) is 38.0 Å². The molecule has 116 valence electrons. The van der Waals surface area contributed by atoms with E-state index in [1.807, 2.05) is 32.9 Å². The van der Waals surface area contributed by atoms with E-state index in [-0.39, 0.29) is 17.2 Å². The molecule has 0 fully saturated rings. The van der Waals surface area contributed by atoms with Gasteiger partial charge in [0, 0.05) is 22.6 Å². The standard InChI is InChI=1S/C18H21O3P/c1-5-22(20,21)16-9-7-6-8-15(16)18(19)17-13(3)10-12(2)11-14(17)4/h6-11H,5H2,1-4H3,(H,20,21). The highest BCUT2D eigenvalue weighted by Crippen LogP contribution is 2.40. The predicted molar refractivity (Wildman–Crippen MR) is 90.5 cm³/mol. The molecule has 0 aliphatic rings. The Bertz CT molecular complexity index is 755. The summed E-state index contributed by atoms with van der Waals surface area (Å²) in [7, 11) is -3.50. The number of aryl methyl sites for hydroxylation is 3. The first kappa shape index (κ1) is 16.7. The maximum Gasteiger partial charge on any atom is 0.230 e. The van der Waals surface area contributed by atoms with Gasteiger partial charge >= 0.3 is 0 Å². The van der Waals surface area contributed by atoms with Crippen molar-refractivity contribution in [3.63, 3.8) is 0 Å². The molecule has 3 nitrogen and oxygen atoms in total. The zero-order chi connectivity index (χ0) is 16.5. The molecule has 22 heavy (non-hydrogen) atoms. The molecule has 1 N–H and O–H groups in total. The van der Waals surface area contributed by atoms with Crippen LogP contribution in [0, 0.1) is 20.8 Å². The summed E-state index contributed by atoms with van der Waals surface area (Å²) in [6.07, 6.45) is 0.114. The van der Waals surface area contributed by atoms with E-state index in [9.17, 15) is 14.3 Å². The van der Waals surface area contributed by atoms with Crippen molar-refractivity contribution in [1.29, 1.82) is 0 Å². The van der Waals surface area contributed by atoms with Crippen molar-refractivity contribution >= 4 is 18.5 Å². The SMILES string of the molecule is CCP(=O)(O)c1ccccc1C(=O)c1c(C)cc(C)cc1C. The van der Waals surface area contributed by atoms with E-state index < -0.39 is 7.37 Å². The third-order valence-corrected chi connectivity index (χ3v) is 5.86. The van der Waals surface area contributed by atoms with Gasteiger partial charge in [0.05, 0.1) is 0 Å². The Morgan fingerprint density at radius 2 is 1.64 bits per heavy atom. The zero-order valence-electron chi connectivity index (χ0n) is 13.4. The van der Waals surface area contributed by atoms with Gasteiger partial charge in [0.25, 0.3) is 0 Å². The van der Waals surface area contributed by atoms with Crippen LogP contribution in [0.25, 0.3) is 0 Å². The molecule has 4 heteroatoms. The van der Waals surface area contributed by atoms with Crippen LogP contribution < -0.4 is 5.30 Å². The lowest BCUT2D eigenvalue weighted by Crippen LogP contribution is -2.19. The number of benzene rings is 2. The molecule has 0 aliphatic carbocycles. The third kappa shape index (κ3) is 3.06. The van der Waals surface area contributed by atoms with E-state index in [1.54, 1.807) is 31.2 Å². The molecule has 1 atom stereocenters. The molecule has 0 radical (unpaired) electrons. The highest BCUT2D eigenvalue weighted by molar-refractivity contribution is 7.66. The van der Waals surface area contributed by atoms with Gasteiger partial charge in [0.2, 0.25) is 7.37 Å². The Hall–Kier alpha value is -1.70. The average Bonchev–Trinajstić information content (AvgIpc) is 2.46. The molecule has 0 saturated heterocycles. The summed E-state index contributed by atoms with van der Waals surface area (Å²) >= 11 is 0. The molecular formula is C18H21O3P. The quantitative estimate of drug-likeness (QED) is 0.690. The Labute approximate surface area is 131 Å². The zero-order valence-corrected chi connectivity index (χ0v) is 14.3. The molecule has 0 aromatic heterocycles.